The van der Waals surface area contributed by atoms with Crippen LogP contribution in [0.3, 0.4) is 0 Å². The second-order valence-electron chi connectivity index (χ2n) is 3.13. The van der Waals surface area contributed by atoms with E-state index in [-0.39, 0.29) is 0 Å². The van der Waals surface area contributed by atoms with Crippen molar-refractivity contribution in [2.75, 3.05) is 0 Å². The molecule has 0 aliphatic heterocycles. The van der Waals surface area contributed by atoms with Gasteiger partial charge < -0.3 is 9.72 Å². The monoisotopic (exact) mass is 201 g/mol. The van der Waals surface area contributed by atoms with E-state index in [0.717, 1.165) is 16.5 Å². The number of nitrogens with one attached hydrogen (secondary N) is 1. The second kappa shape index (κ2) is 4.00. The standard InChI is InChI=1S/C12H11NO2/c1-2-3-10-9-6-7-13-11(9)4-5-12(10)15-8-14/h2-8,13H,1H3/b3-2-. The Hall–Kier alpha value is -2.03. The molecule has 3 nitrogen and oxygen atoms in total. The van der Waals surface area contributed by atoms with E-state index in [1.807, 2.05) is 37.4 Å². The van der Waals surface area contributed by atoms with Crippen molar-refractivity contribution in [1.29, 1.82) is 0 Å². The van der Waals surface area contributed by atoms with E-state index < -0.39 is 0 Å². The van der Waals surface area contributed by atoms with Crippen molar-refractivity contribution >= 4 is 23.5 Å². The number of hydrogen-bond acceptors (Lipinski definition) is 2. The smallest absolute Gasteiger partial charge is 0.298 e. The Balaban J connectivity index is 2.68. The number of ether oxygens (including phenoxy) is 1. The zero-order chi connectivity index (χ0) is 10.7. The van der Waals surface area contributed by atoms with Gasteiger partial charge in [0.25, 0.3) is 6.47 Å². The molecule has 0 bridgehead atoms. The number of H-pyrrole nitrogens is 1. The van der Waals surface area contributed by atoms with Crippen LogP contribution in [0.1, 0.15) is 12.5 Å². The van der Waals surface area contributed by atoms with Crippen LogP contribution in [-0.2, 0) is 4.79 Å². The summed E-state index contributed by atoms with van der Waals surface area (Å²) < 4.78 is 4.92. The van der Waals surface area contributed by atoms with Crippen LogP contribution in [0.15, 0.2) is 30.5 Å². The molecule has 1 N–H and O–H groups in total. The number of aromatic amines is 1. The van der Waals surface area contributed by atoms with Gasteiger partial charge in [-0.05, 0) is 25.1 Å². The first-order valence-corrected chi connectivity index (χ1v) is 4.70. The van der Waals surface area contributed by atoms with E-state index in [1.54, 1.807) is 6.07 Å². The molecule has 3 heteroatoms. The molecule has 2 aromatic rings. The third-order valence-electron chi connectivity index (χ3n) is 2.24. The Bertz CT molecular complexity index is 511. The fourth-order valence-corrected chi connectivity index (χ4v) is 1.63. The summed E-state index contributed by atoms with van der Waals surface area (Å²) in [5.74, 6) is 0.579. The number of aromatic nitrogens is 1. The zero-order valence-electron chi connectivity index (χ0n) is 8.36. The van der Waals surface area contributed by atoms with Crippen LogP contribution in [0.5, 0.6) is 5.75 Å². The Morgan fingerprint density at radius 1 is 1.33 bits per heavy atom. The molecule has 2 rings (SSSR count). The summed E-state index contributed by atoms with van der Waals surface area (Å²) in [4.78, 5) is 13.5. The average molecular weight is 201 g/mol. The topological polar surface area (TPSA) is 42.1 Å². The van der Waals surface area contributed by atoms with Crippen molar-refractivity contribution in [3.8, 4) is 5.75 Å². The molecule has 15 heavy (non-hydrogen) atoms. The molecule has 0 spiro atoms. The molecule has 1 heterocycles. The van der Waals surface area contributed by atoms with Gasteiger partial charge in [-0.1, -0.05) is 12.2 Å². The van der Waals surface area contributed by atoms with Gasteiger partial charge in [-0.25, -0.2) is 0 Å². The van der Waals surface area contributed by atoms with Gasteiger partial charge in [-0.15, -0.1) is 0 Å². The number of allylic oxidation sites excluding steroid dienone is 1. The molecule has 0 saturated heterocycles. The lowest BCUT2D eigenvalue weighted by Crippen LogP contribution is -1.91. The van der Waals surface area contributed by atoms with Crippen LogP contribution in [-0.4, -0.2) is 11.5 Å². The van der Waals surface area contributed by atoms with E-state index in [4.69, 9.17) is 4.74 Å². The molecule has 1 aromatic carbocycles. The number of carbonyl (C=O) groups excluding carboxylic acids is 1. The van der Waals surface area contributed by atoms with Gasteiger partial charge >= 0.3 is 0 Å². The highest BCUT2D eigenvalue weighted by atomic mass is 16.5. The molecule has 0 amide bonds. The summed E-state index contributed by atoms with van der Waals surface area (Å²) in [5.41, 5.74) is 1.95. The Morgan fingerprint density at radius 2 is 2.20 bits per heavy atom. The maximum atomic E-state index is 10.4. The SMILES string of the molecule is C/C=C\c1c(OC=O)ccc2[nH]ccc12. The van der Waals surface area contributed by atoms with Gasteiger partial charge in [0.2, 0.25) is 0 Å². The lowest BCUT2D eigenvalue weighted by atomic mass is 10.1. The van der Waals surface area contributed by atoms with E-state index >= 15 is 0 Å². The van der Waals surface area contributed by atoms with Crippen LogP contribution >= 0.6 is 0 Å². The molecule has 0 radical (unpaired) electrons. The third-order valence-corrected chi connectivity index (χ3v) is 2.24. The fraction of sp³-hybridized carbons (Fsp3) is 0.0833. The lowest BCUT2D eigenvalue weighted by Gasteiger charge is -2.04. The summed E-state index contributed by atoms with van der Waals surface area (Å²) in [6.45, 7) is 2.37. The number of carbonyl (C=O) groups is 1. The number of rotatable bonds is 3. The molecule has 0 aliphatic rings. The van der Waals surface area contributed by atoms with Crippen molar-refractivity contribution in [1.82, 2.24) is 4.98 Å². The molecular weight excluding hydrogens is 190 g/mol. The molecule has 0 atom stereocenters. The van der Waals surface area contributed by atoms with E-state index in [9.17, 15) is 4.79 Å². The summed E-state index contributed by atoms with van der Waals surface area (Å²) in [7, 11) is 0. The van der Waals surface area contributed by atoms with E-state index in [2.05, 4.69) is 4.98 Å². The van der Waals surface area contributed by atoms with Crippen LogP contribution in [0.25, 0.3) is 17.0 Å². The first-order valence-electron chi connectivity index (χ1n) is 4.70. The minimum atomic E-state index is 0.445. The Kier molecular flexibility index (Phi) is 2.54. The summed E-state index contributed by atoms with van der Waals surface area (Å²) in [5, 5.41) is 1.05. The summed E-state index contributed by atoms with van der Waals surface area (Å²) in [6.07, 6.45) is 5.71. The van der Waals surface area contributed by atoms with Crippen molar-refractivity contribution < 1.29 is 9.53 Å². The molecule has 0 fully saturated rings. The molecule has 0 saturated carbocycles. The normalized spacial score (nSPS) is 11.0. The molecule has 0 unspecified atom stereocenters. The first-order chi connectivity index (χ1) is 7.36. The van der Waals surface area contributed by atoms with Crippen LogP contribution < -0.4 is 4.74 Å². The van der Waals surface area contributed by atoms with Crippen molar-refractivity contribution in [2.45, 2.75) is 6.92 Å². The van der Waals surface area contributed by atoms with E-state index in [1.165, 1.54) is 0 Å². The van der Waals surface area contributed by atoms with E-state index in [0.29, 0.717) is 12.2 Å². The van der Waals surface area contributed by atoms with Crippen LogP contribution in [0, 0.1) is 0 Å². The maximum Gasteiger partial charge on any atom is 0.298 e. The largest absolute Gasteiger partial charge is 0.428 e. The highest BCUT2D eigenvalue weighted by Gasteiger charge is 2.06. The van der Waals surface area contributed by atoms with Gasteiger partial charge in [-0.2, -0.15) is 0 Å². The zero-order valence-corrected chi connectivity index (χ0v) is 8.36. The van der Waals surface area contributed by atoms with Crippen molar-refractivity contribution in [3.63, 3.8) is 0 Å². The number of hydrogen-bond donors (Lipinski definition) is 1. The predicted molar refractivity (Wildman–Crippen MR) is 59.7 cm³/mol. The maximum absolute atomic E-state index is 10.4. The van der Waals surface area contributed by atoms with Crippen LogP contribution in [0.2, 0.25) is 0 Å². The third kappa shape index (κ3) is 1.64. The van der Waals surface area contributed by atoms with Gasteiger partial charge in [0, 0.05) is 22.7 Å². The Morgan fingerprint density at radius 3 is 2.93 bits per heavy atom. The summed E-state index contributed by atoms with van der Waals surface area (Å²) >= 11 is 0. The van der Waals surface area contributed by atoms with Gasteiger partial charge in [0.05, 0.1) is 0 Å². The molecular formula is C12H11NO2. The Labute approximate surface area is 87.4 Å². The van der Waals surface area contributed by atoms with Crippen molar-refractivity contribution in [2.24, 2.45) is 0 Å². The minimum absolute atomic E-state index is 0.445. The molecule has 0 aliphatic carbocycles. The number of fused-ring (bicyclic) bond motifs is 1. The minimum Gasteiger partial charge on any atom is -0.428 e. The molecule has 1 aromatic heterocycles. The number of benzene rings is 1. The van der Waals surface area contributed by atoms with Gasteiger partial charge in [0.1, 0.15) is 5.75 Å². The van der Waals surface area contributed by atoms with Gasteiger partial charge in [-0.3, -0.25) is 4.79 Å². The van der Waals surface area contributed by atoms with Crippen LogP contribution in [0.4, 0.5) is 0 Å². The highest BCUT2D eigenvalue weighted by Crippen LogP contribution is 2.28. The first kappa shape index (κ1) is 9.52. The second-order valence-corrected chi connectivity index (χ2v) is 3.13. The van der Waals surface area contributed by atoms with Crippen molar-refractivity contribution in [3.05, 3.63) is 36.0 Å². The fourth-order valence-electron chi connectivity index (χ4n) is 1.63. The quantitative estimate of drug-likeness (QED) is 0.776. The van der Waals surface area contributed by atoms with Gasteiger partial charge in [0.15, 0.2) is 0 Å². The molecule has 76 valence electrons. The predicted octanol–water partition coefficient (Wildman–Crippen LogP) is 2.74. The summed E-state index contributed by atoms with van der Waals surface area (Å²) in [6, 6.07) is 5.63. The average Bonchev–Trinajstić information content (AvgIpc) is 2.70. The lowest BCUT2D eigenvalue weighted by molar-refractivity contribution is -0.120. The highest BCUT2D eigenvalue weighted by molar-refractivity contribution is 5.91.